The number of rotatable bonds is 7. The van der Waals surface area contributed by atoms with E-state index in [1.54, 1.807) is 17.3 Å². The summed E-state index contributed by atoms with van der Waals surface area (Å²) in [6.45, 7) is 5.37. The number of imidazole rings is 1. The molecule has 1 aromatic heterocycles. The normalized spacial score (nSPS) is 26.7. The second kappa shape index (κ2) is 6.90. The van der Waals surface area contributed by atoms with Crippen molar-refractivity contribution >= 4 is 11.9 Å². The number of amides is 1. The summed E-state index contributed by atoms with van der Waals surface area (Å²) >= 11 is 0. The van der Waals surface area contributed by atoms with Crippen LogP contribution in [0.15, 0.2) is 12.4 Å². The Balaban J connectivity index is 1.63. The molecule has 8 heteroatoms. The zero-order valence-corrected chi connectivity index (χ0v) is 13.9. The standard InChI is InChI=1S/C16H24N4O4/c1-2-24-6-3-14(21)20-8-12-7-19(9-13-17-4-5-18-13)10-16(12,11-20)15(22)23/h4-5,12H,2-3,6-11H2,1H3,(H,17,18)(H,22,23)/t12-,16-/m1/s1. The van der Waals surface area contributed by atoms with Crippen LogP contribution in [-0.4, -0.2) is 76.1 Å². The number of hydrogen-bond acceptors (Lipinski definition) is 5. The van der Waals surface area contributed by atoms with Crippen LogP contribution in [0.3, 0.4) is 0 Å². The minimum absolute atomic E-state index is 0.0175. The van der Waals surface area contributed by atoms with Crippen LogP contribution in [-0.2, 0) is 20.9 Å². The molecule has 3 rings (SSSR count). The molecule has 132 valence electrons. The van der Waals surface area contributed by atoms with E-state index >= 15 is 0 Å². The lowest BCUT2D eigenvalue weighted by Gasteiger charge is -2.25. The molecule has 2 N–H and O–H groups in total. The summed E-state index contributed by atoms with van der Waals surface area (Å²) in [5.74, 6) is -0.0354. The molecule has 0 bridgehead atoms. The zero-order chi connectivity index (χ0) is 17.2. The van der Waals surface area contributed by atoms with Gasteiger partial charge < -0.3 is 19.7 Å². The van der Waals surface area contributed by atoms with Crippen molar-refractivity contribution < 1.29 is 19.4 Å². The molecule has 0 unspecified atom stereocenters. The number of likely N-dealkylation sites (tertiary alicyclic amines) is 2. The Labute approximate surface area is 140 Å². The van der Waals surface area contributed by atoms with Crippen LogP contribution >= 0.6 is 0 Å². The summed E-state index contributed by atoms with van der Waals surface area (Å²) < 4.78 is 5.22. The van der Waals surface area contributed by atoms with Crippen molar-refractivity contribution in [3.63, 3.8) is 0 Å². The minimum Gasteiger partial charge on any atom is -0.481 e. The molecule has 0 spiro atoms. The molecule has 1 aromatic rings. The van der Waals surface area contributed by atoms with Gasteiger partial charge in [-0.3, -0.25) is 14.5 Å². The minimum atomic E-state index is -0.867. The number of carboxylic acid groups (broad SMARTS) is 1. The van der Waals surface area contributed by atoms with Crippen molar-refractivity contribution in [3.05, 3.63) is 18.2 Å². The monoisotopic (exact) mass is 336 g/mol. The fraction of sp³-hybridized carbons (Fsp3) is 0.688. The van der Waals surface area contributed by atoms with Crippen molar-refractivity contribution in [2.24, 2.45) is 11.3 Å². The average molecular weight is 336 g/mol. The molecule has 2 saturated heterocycles. The van der Waals surface area contributed by atoms with Crippen LogP contribution in [0.1, 0.15) is 19.2 Å². The average Bonchev–Trinajstić information content (AvgIpc) is 3.22. The maximum absolute atomic E-state index is 12.3. The molecule has 0 aliphatic carbocycles. The largest absolute Gasteiger partial charge is 0.481 e. The van der Waals surface area contributed by atoms with Gasteiger partial charge in [-0.15, -0.1) is 0 Å². The first-order valence-corrected chi connectivity index (χ1v) is 8.34. The van der Waals surface area contributed by atoms with Gasteiger partial charge in [0, 0.05) is 51.1 Å². The summed E-state index contributed by atoms with van der Waals surface area (Å²) in [5.41, 5.74) is -0.867. The molecule has 0 saturated carbocycles. The zero-order valence-electron chi connectivity index (χ0n) is 13.9. The Bertz CT molecular complexity index is 591. The number of carbonyl (C=O) groups excluding carboxylic acids is 1. The van der Waals surface area contributed by atoms with Gasteiger partial charge in [0.15, 0.2) is 0 Å². The lowest BCUT2D eigenvalue weighted by atomic mass is 9.81. The van der Waals surface area contributed by atoms with Crippen molar-refractivity contribution in [2.45, 2.75) is 19.9 Å². The Morgan fingerprint density at radius 2 is 2.29 bits per heavy atom. The maximum atomic E-state index is 12.3. The molecule has 2 aliphatic heterocycles. The van der Waals surface area contributed by atoms with Crippen LogP contribution in [0.25, 0.3) is 0 Å². The SMILES string of the molecule is CCOCCC(=O)N1C[C@H]2CN(Cc3ncc[nH]3)C[C@@]2(C(=O)O)C1. The molecule has 3 heterocycles. The Morgan fingerprint density at radius 3 is 2.92 bits per heavy atom. The van der Waals surface area contributed by atoms with E-state index < -0.39 is 11.4 Å². The Hall–Kier alpha value is -1.93. The summed E-state index contributed by atoms with van der Waals surface area (Å²) in [6.07, 6.45) is 3.77. The number of aliphatic carboxylic acids is 1. The molecular weight excluding hydrogens is 312 g/mol. The molecule has 1 amide bonds. The molecule has 2 fully saturated rings. The highest BCUT2D eigenvalue weighted by atomic mass is 16.5. The third-order valence-electron chi connectivity index (χ3n) is 5.05. The molecule has 0 radical (unpaired) electrons. The van der Waals surface area contributed by atoms with E-state index in [0.29, 0.717) is 45.8 Å². The molecule has 2 atom stereocenters. The highest BCUT2D eigenvalue weighted by Gasteiger charge is 2.58. The van der Waals surface area contributed by atoms with E-state index in [1.165, 1.54) is 0 Å². The second-order valence-electron chi connectivity index (χ2n) is 6.58. The lowest BCUT2D eigenvalue weighted by molar-refractivity contribution is -0.149. The van der Waals surface area contributed by atoms with Gasteiger partial charge >= 0.3 is 5.97 Å². The van der Waals surface area contributed by atoms with Crippen molar-refractivity contribution in [2.75, 3.05) is 39.4 Å². The second-order valence-corrected chi connectivity index (χ2v) is 6.58. The quantitative estimate of drug-likeness (QED) is 0.689. The Kier molecular flexibility index (Phi) is 4.86. The van der Waals surface area contributed by atoms with Crippen LogP contribution in [0.5, 0.6) is 0 Å². The van der Waals surface area contributed by atoms with Crippen molar-refractivity contribution in [1.29, 1.82) is 0 Å². The number of H-pyrrole nitrogens is 1. The van der Waals surface area contributed by atoms with Crippen LogP contribution in [0, 0.1) is 11.3 Å². The first kappa shape index (κ1) is 16.9. The number of carbonyl (C=O) groups is 2. The number of ether oxygens (including phenoxy) is 1. The molecule has 0 aromatic carbocycles. The summed E-state index contributed by atoms with van der Waals surface area (Å²) in [7, 11) is 0. The van der Waals surface area contributed by atoms with Crippen molar-refractivity contribution in [1.82, 2.24) is 19.8 Å². The van der Waals surface area contributed by atoms with Gasteiger partial charge in [0.25, 0.3) is 0 Å². The number of hydrogen-bond donors (Lipinski definition) is 2. The van der Waals surface area contributed by atoms with Crippen LogP contribution in [0.2, 0.25) is 0 Å². The van der Waals surface area contributed by atoms with Gasteiger partial charge in [-0.2, -0.15) is 0 Å². The van der Waals surface area contributed by atoms with Gasteiger partial charge in [-0.1, -0.05) is 0 Å². The predicted molar refractivity (Wildman–Crippen MR) is 85.1 cm³/mol. The number of nitrogens with zero attached hydrogens (tertiary/aromatic N) is 3. The van der Waals surface area contributed by atoms with Gasteiger partial charge in [-0.25, -0.2) is 4.98 Å². The van der Waals surface area contributed by atoms with E-state index in [4.69, 9.17) is 4.74 Å². The molecule has 2 aliphatic rings. The fourth-order valence-corrected chi connectivity index (χ4v) is 3.84. The van der Waals surface area contributed by atoms with Gasteiger partial charge in [0.1, 0.15) is 11.2 Å². The first-order chi connectivity index (χ1) is 11.5. The van der Waals surface area contributed by atoms with Gasteiger partial charge in [-0.05, 0) is 6.92 Å². The van der Waals surface area contributed by atoms with E-state index in [2.05, 4.69) is 14.9 Å². The third-order valence-corrected chi connectivity index (χ3v) is 5.05. The number of fused-ring (bicyclic) bond motifs is 1. The fourth-order valence-electron chi connectivity index (χ4n) is 3.84. The van der Waals surface area contributed by atoms with E-state index in [-0.39, 0.29) is 18.4 Å². The number of carboxylic acids is 1. The summed E-state index contributed by atoms with van der Waals surface area (Å²) in [4.78, 5) is 35.3. The molecule has 8 nitrogen and oxygen atoms in total. The van der Waals surface area contributed by atoms with Gasteiger partial charge in [0.2, 0.25) is 5.91 Å². The molecule has 24 heavy (non-hydrogen) atoms. The van der Waals surface area contributed by atoms with E-state index in [1.807, 2.05) is 6.92 Å². The predicted octanol–water partition coefficient (Wildman–Crippen LogP) is 0.181. The summed E-state index contributed by atoms with van der Waals surface area (Å²) in [6, 6.07) is 0. The number of nitrogens with one attached hydrogen (secondary N) is 1. The summed E-state index contributed by atoms with van der Waals surface area (Å²) in [5, 5.41) is 9.82. The number of aromatic amines is 1. The number of aromatic nitrogens is 2. The van der Waals surface area contributed by atoms with Crippen LogP contribution < -0.4 is 0 Å². The van der Waals surface area contributed by atoms with Crippen molar-refractivity contribution in [3.8, 4) is 0 Å². The van der Waals surface area contributed by atoms with E-state index in [0.717, 1.165) is 5.82 Å². The third kappa shape index (κ3) is 3.16. The first-order valence-electron chi connectivity index (χ1n) is 8.34. The van der Waals surface area contributed by atoms with Crippen LogP contribution in [0.4, 0.5) is 0 Å². The van der Waals surface area contributed by atoms with Gasteiger partial charge in [0.05, 0.1) is 19.6 Å². The van der Waals surface area contributed by atoms with E-state index in [9.17, 15) is 14.7 Å². The Morgan fingerprint density at radius 1 is 1.46 bits per heavy atom. The highest BCUT2D eigenvalue weighted by molar-refractivity contribution is 5.81. The maximum Gasteiger partial charge on any atom is 0.313 e. The lowest BCUT2D eigenvalue weighted by Crippen LogP contribution is -2.42. The topological polar surface area (TPSA) is 98.8 Å². The smallest absolute Gasteiger partial charge is 0.313 e. The highest BCUT2D eigenvalue weighted by Crippen LogP contribution is 2.43. The molecular formula is C16H24N4O4.